The highest BCUT2D eigenvalue weighted by atomic mass is 79.9. The number of halogens is 3. The van der Waals surface area contributed by atoms with E-state index in [1.165, 1.54) is 12.1 Å². The summed E-state index contributed by atoms with van der Waals surface area (Å²) in [5, 5.41) is 0.986. The molecule has 0 heterocycles. The molecule has 0 radical (unpaired) electrons. The highest BCUT2D eigenvalue weighted by Gasteiger charge is 2.15. The van der Waals surface area contributed by atoms with Crippen LogP contribution in [0.1, 0.15) is 29.6 Å². The highest BCUT2D eigenvalue weighted by molar-refractivity contribution is 9.10. The largest absolute Gasteiger partial charge is 0.342 e. The van der Waals surface area contributed by atoms with Gasteiger partial charge in [-0.1, -0.05) is 22.4 Å². The van der Waals surface area contributed by atoms with E-state index < -0.39 is 5.82 Å². The fourth-order valence-corrected chi connectivity index (χ4v) is 2.40. The van der Waals surface area contributed by atoms with Crippen molar-refractivity contribution in [3.63, 3.8) is 0 Å². The van der Waals surface area contributed by atoms with Crippen LogP contribution in [-0.4, -0.2) is 29.7 Å². The Hall–Kier alpha value is -0.420. The lowest BCUT2D eigenvalue weighted by molar-refractivity contribution is 0.0791. The van der Waals surface area contributed by atoms with Crippen molar-refractivity contribution < 1.29 is 9.18 Å². The molecule has 0 saturated carbocycles. The van der Waals surface area contributed by atoms with E-state index in [-0.39, 0.29) is 5.91 Å². The number of hydrogen-bond acceptors (Lipinski definition) is 1. The smallest absolute Gasteiger partial charge is 0.254 e. The predicted octanol–water partition coefficient (Wildman–Crippen LogP) is 4.23. The molecular weight excluding hydrogens is 365 g/mol. The molecule has 1 rings (SSSR count). The third-order valence-corrected chi connectivity index (χ3v) is 3.88. The van der Waals surface area contributed by atoms with Gasteiger partial charge in [0.2, 0.25) is 0 Å². The van der Waals surface area contributed by atoms with Gasteiger partial charge in [-0.05, 0) is 47.0 Å². The van der Waals surface area contributed by atoms with E-state index in [1.807, 2.05) is 0 Å². The Morgan fingerprint density at radius 3 is 2.72 bits per heavy atom. The van der Waals surface area contributed by atoms with E-state index >= 15 is 0 Å². The number of amides is 1. The normalized spacial score (nSPS) is 10.4. The molecule has 0 bridgehead atoms. The average molecular weight is 381 g/mol. The van der Waals surface area contributed by atoms with Crippen molar-refractivity contribution in [2.45, 2.75) is 19.3 Å². The van der Waals surface area contributed by atoms with Crippen LogP contribution >= 0.6 is 31.9 Å². The number of alkyl halides is 1. The minimum atomic E-state index is -0.394. The van der Waals surface area contributed by atoms with Crippen molar-refractivity contribution in [3.05, 3.63) is 34.1 Å². The molecule has 0 aromatic heterocycles. The topological polar surface area (TPSA) is 20.3 Å². The van der Waals surface area contributed by atoms with Gasteiger partial charge in [0, 0.05) is 23.4 Å². The van der Waals surface area contributed by atoms with Gasteiger partial charge in [0.1, 0.15) is 5.82 Å². The molecule has 0 aliphatic rings. The van der Waals surface area contributed by atoms with Crippen LogP contribution < -0.4 is 0 Å². The van der Waals surface area contributed by atoms with E-state index in [0.717, 1.165) is 24.6 Å². The molecule has 0 fully saturated rings. The number of carbonyl (C=O) groups is 1. The Bertz CT molecular complexity index is 412. The maximum atomic E-state index is 13.1. The van der Waals surface area contributed by atoms with E-state index in [4.69, 9.17) is 0 Å². The molecule has 1 amide bonds. The van der Waals surface area contributed by atoms with Crippen LogP contribution in [0.2, 0.25) is 0 Å². The summed E-state index contributed by atoms with van der Waals surface area (Å²) in [4.78, 5) is 13.7. The van der Waals surface area contributed by atoms with Crippen LogP contribution in [0, 0.1) is 5.82 Å². The zero-order chi connectivity index (χ0) is 13.5. The Balaban J connectivity index is 2.60. The fraction of sp³-hybridized carbons (Fsp3) is 0.462. The van der Waals surface area contributed by atoms with E-state index in [9.17, 15) is 9.18 Å². The molecule has 0 spiro atoms. The van der Waals surface area contributed by atoms with Crippen LogP contribution in [0.15, 0.2) is 22.7 Å². The quantitative estimate of drug-likeness (QED) is 0.534. The van der Waals surface area contributed by atoms with E-state index in [0.29, 0.717) is 16.6 Å². The number of benzene rings is 1. The van der Waals surface area contributed by atoms with Crippen molar-refractivity contribution in [1.82, 2.24) is 4.90 Å². The van der Waals surface area contributed by atoms with Gasteiger partial charge in [0.25, 0.3) is 5.91 Å². The second-order valence-corrected chi connectivity index (χ2v) is 5.75. The van der Waals surface area contributed by atoms with E-state index in [1.54, 1.807) is 18.0 Å². The number of carbonyl (C=O) groups excluding carboxylic acids is 1. The van der Waals surface area contributed by atoms with Crippen LogP contribution in [0.25, 0.3) is 0 Å². The molecule has 5 heteroatoms. The van der Waals surface area contributed by atoms with Crippen molar-refractivity contribution in [2.75, 3.05) is 18.9 Å². The molecule has 0 unspecified atom stereocenters. The van der Waals surface area contributed by atoms with Gasteiger partial charge >= 0.3 is 0 Å². The number of rotatable bonds is 6. The first kappa shape index (κ1) is 15.6. The monoisotopic (exact) mass is 379 g/mol. The van der Waals surface area contributed by atoms with Gasteiger partial charge in [-0.25, -0.2) is 4.39 Å². The Labute approximate surface area is 124 Å². The first-order valence-electron chi connectivity index (χ1n) is 5.82. The zero-order valence-corrected chi connectivity index (χ0v) is 13.4. The van der Waals surface area contributed by atoms with Gasteiger partial charge < -0.3 is 4.90 Å². The van der Waals surface area contributed by atoms with Crippen molar-refractivity contribution in [1.29, 1.82) is 0 Å². The molecule has 0 N–H and O–H groups in total. The third-order valence-electron chi connectivity index (χ3n) is 2.63. The summed E-state index contributed by atoms with van der Waals surface area (Å²) < 4.78 is 13.8. The Kier molecular flexibility index (Phi) is 6.86. The third kappa shape index (κ3) is 4.69. The minimum Gasteiger partial charge on any atom is -0.342 e. The summed E-state index contributed by atoms with van der Waals surface area (Å²) in [7, 11) is 1.74. The molecular formula is C13H16Br2FNO. The summed E-state index contributed by atoms with van der Waals surface area (Å²) in [5.74, 6) is -0.547. The van der Waals surface area contributed by atoms with Crippen LogP contribution in [0.5, 0.6) is 0 Å². The summed E-state index contributed by atoms with van der Waals surface area (Å²) in [6, 6.07) is 4.15. The predicted molar refractivity (Wildman–Crippen MR) is 78.7 cm³/mol. The summed E-state index contributed by atoms with van der Waals surface area (Å²) in [5.41, 5.74) is 0.373. The van der Waals surface area contributed by atoms with Crippen LogP contribution in [0.4, 0.5) is 4.39 Å². The zero-order valence-electron chi connectivity index (χ0n) is 10.3. The lowest BCUT2D eigenvalue weighted by Crippen LogP contribution is -2.28. The number of nitrogens with zero attached hydrogens (tertiary/aromatic N) is 1. The second-order valence-electron chi connectivity index (χ2n) is 4.10. The van der Waals surface area contributed by atoms with Gasteiger partial charge in [-0.2, -0.15) is 0 Å². The Morgan fingerprint density at radius 2 is 2.06 bits per heavy atom. The molecule has 2 nitrogen and oxygen atoms in total. The molecule has 1 aromatic rings. The standard InChI is InChI=1S/C13H16Br2FNO/c1-17(8-4-2-3-7-14)13(18)11-9-10(16)5-6-12(11)15/h5-6,9H,2-4,7-8H2,1H3. The van der Waals surface area contributed by atoms with Crippen molar-refractivity contribution in [3.8, 4) is 0 Å². The van der Waals surface area contributed by atoms with Crippen LogP contribution in [0.3, 0.4) is 0 Å². The maximum absolute atomic E-state index is 13.1. The number of hydrogen-bond donors (Lipinski definition) is 0. The van der Waals surface area contributed by atoms with Crippen molar-refractivity contribution >= 4 is 37.8 Å². The lowest BCUT2D eigenvalue weighted by Gasteiger charge is -2.17. The highest BCUT2D eigenvalue weighted by Crippen LogP contribution is 2.19. The van der Waals surface area contributed by atoms with Gasteiger partial charge in [0.05, 0.1) is 5.56 Å². The van der Waals surface area contributed by atoms with Gasteiger partial charge in [0.15, 0.2) is 0 Å². The molecule has 0 atom stereocenters. The maximum Gasteiger partial charge on any atom is 0.254 e. The Morgan fingerprint density at radius 1 is 1.33 bits per heavy atom. The van der Waals surface area contributed by atoms with Crippen molar-refractivity contribution in [2.24, 2.45) is 0 Å². The SMILES string of the molecule is CN(CCCCCBr)C(=O)c1cc(F)ccc1Br. The van der Waals surface area contributed by atoms with Gasteiger partial charge in [-0.15, -0.1) is 0 Å². The number of unbranched alkanes of at least 4 members (excludes halogenated alkanes) is 2. The second kappa shape index (κ2) is 7.89. The fourth-order valence-electron chi connectivity index (χ4n) is 1.59. The summed E-state index contributed by atoms with van der Waals surface area (Å²) in [6.45, 7) is 0.689. The van der Waals surface area contributed by atoms with Crippen LogP contribution in [-0.2, 0) is 0 Å². The first-order chi connectivity index (χ1) is 8.56. The molecule has 1 aromatic carbocycles. The first-order valence-corrected chi connectivity index (χ1v) is 7.74. The van der Waals surface area contributed by atoms with Gasteiger partial charge in [-0.3, -0.25) is 4.79 Å². The molecule has 0 aliphatic carbocycles. The summed E-state index contributed by atoms with van der Waals surface area (Å²) in [6.07, 6.45) is 3.14. The molecule has 100 valence electrons. The molecule has 0 saturated heterocycles. The molecule has 18 heavy (non-hydrogen) atoms. The molecule has 0 aliphatic heterocycles. The average Bonchev–Trinajstić information content (AvgIpc) is 2.36. The minimum absolute atomic E-state index is 0.153. The van der Waals surface area contributed by atoms with E-state index in [2.05, 4.69) is 31.9 Å². The lowest BCUT2D eigenvalue weighted by atomic mass is 10.2. The summed E-state index contributed by atoms with van der Waals surface area (Å²) >= 11 is 6.64.